The van der Waals surface area contributed by atoms with Crippen LogP contribution in [0.3, 0.4) is 0 Å². The Kier molecular flexibility index (Phi) is 3.39. The number of phenolic OH excluding ortho intramolecular Hbond substituents is 2. The van der Waals surface area contributed by atoms with Gasteiger partial charge in [-0.2, -0.15) is 0 Å². The normalized spacial score (nSPS) is 14.2. The van der Waals surface area contributed by atoms with Gasteiger partial charge in [-0.15, -0.1) is 0 Å². The molecular weight excluding hydrogens is 210 g/mol. The molecule has 0 saturated carbocycles. The van der Waals surface area contributed by atoms with E-state index in [1.165, 1.54) is 25.1 Å². The molecule has 0 saturated heterocycles. The molecule has 0 radical (unpaired) electrons. The van der Waals surface area contributed by atoms with E-state index >= 15 is 0 Å². The van der Waals surface area contributed by atoms with Gasteiger partial charge in [0.2, 0.25) is 0 Å². The minimum atomic E-state index is -1.35. The highest BCUT2D eigenvalue weighted by atomic mass is 16.5. The van der Waals surface area contributed by atoms with Crippen molar-refractivity contribution < 1.29 is 19.7 Å². The second-order valence-electron chi connectivity index (χ2n) is 3.63. The van der Waals surface area contributed by atoms with Gasteiger partial charge in [0, 0.05) is 0 Å². The fourth-order valence-electron chi connectivity index (χ4n) is 1.25. The zero-order valence-corrected chi connectivity index (χ0v) is 9.23. The third-order valence-corrected chi connectivity index (χ3v) is 2.27. The quantitative estimate of drug-likeness (QED) is 0.523. The van der Waals surface area contributed by atoms with Crippen LogP contribution in [0.15, 0.2) is 18.2 Å². The first-order valence-corrected chi connectivity index (χ1v) is 4.88. The SMILES string of the molecule is CCOC(=O)[C@@](C)(N)c1ccc(O)c(O)c1. The summed E-state index contributed by atoms with van der Waals surface area (Å²) in [7, 11) is 0. The van der Waals surface area contributed by atoms with Crippen LogP contribution in [-0.2, 0) is 15.1 Å². The van der Waals surface area contributed by atoms with Gasteiger partial charge in [0.15, 0.2) is 11.5 Å². The van der Waals surface area contributed by atoms with Crippen molar-refractivity contribution in [3.8, 4) is 11.5 Å². The van der Waals surface area contributed by atoms with Gasteiger partial charge >= 0.3 is 5.97 Å². The van der Waals surface area contributed by atoms with E-state index in [0.717, 1.165) is 0 Å². The molecule has 5 heteroatoms. The van der Waals surface area contributed by atoms with Gasteiger partial charge in [0.25, 0.3) is 0 Å². The zero-order chi connectivity index (χ0) is 12.3. The second kappa shape index (κ2) is 4.40. The monoisotopic (exact) mass is 225 g/mol. The minimum absolute atomic E-state index is 0.232. The van der Waals surface area contributed by atoms with Crippen molar-refractivity contribution in [1.29, 1.82) is 0 Å². The lowest BCUT2D eigenvalue weighted by Crippen LogP contribution is -2.43. The predicted molar refractivity (Wildman–Crippen MR) is 57.9 cm³/mol. The lowest BCUT2D eigenvalue weighted by molar-refractivity contribution is -0.149. The molecular formula is C11H15NO4. The van der Waals surface area contributed by atoms with E-state index in [2.05, 4.69) is 0 Å². The van der Waals surface area contributed by atoms with Crippen molar-refractivity contribution in [3.63, 3.8) is 0 Å². The Bertz CT molecular complexity index is 401. The molecule has 1 aromatic rings. The fourth-order valence-corrected chi connectivity index (χ4v) is 1.25. The summed E-state index contributed by atoms with van der Waals surface area (Å²) in [6.07, 6.45) is 0. The van der Waals surface area contributed by atoms with Gasteiger partial charge in [-0.05, 0) is 31.5 Å². The molecule has 0 aliphatic rings. The Morgan fingerprint density at radius 2 is 2.06 bits per heavy atom. The molecule has 16 heavy (non-hydrogen) atoms. The zero-order valence-electron chi connectivity index (χ0n) is 9.23. The van der Waals surface area contributed by atoms with Crippen LogP contribution in [0.1, 0.15) is 19.4 Å². The topological polar surface area (TPSA) is 92.8 Å². The summed E-state index contributed by atoms with van der Waals surface area (Å²) in [6, 6.07) is 3.98. The highest BCUT2D eigenvalue weighted by Crippen LogP contribution is 2.29. The summed E-state index contributed by atoms with van der Waals surface area (Å²) in [6.45, 7) is 3.40. The van der Waals surface area contributed by atoms with Crippen LogP contribution in [0.5, 0.6) is 11.5 Å². The molecule has 0 amide bonds. The van der Waals surface area contributed by atoms with Gasteiger partial charge in [-0.3, -0.25) is 0 Å². The summed E-state index contributed by atoms with van der Waals surface area (Å²) in [5.41, 5.74) is 4.85. The number of ether oxygens (including phenoxy) is 1. The predicted octanol–water partition coefficient (Wildman–Crippen LogP) is 0.835. The van der Waals surface area contributed by atoms with Crippen LogP contribution in [0.25, 0.3) is 0 Å². The molecule has 0 unspecified atom stereocenters. The number of benzene rings is 1. The molecule has 1 atom stereocenters. The maximum atomic E-state index is 11.6. The van der Waals surface area contributed by atoms with E-state index in [9.17, 15) is 9.90 Å². The van der Waals surface area contributed by atoms with Crippen molar-refractivity contribution in [1.82, 2.24) is 0 Å². The number of phenols is 2. The van der Waals surface area contributed by atoms with E-state index in [-0.39, 0.29) is 18.1 Å². The van der Waals surface area contributed by atoms with Gasteiger partial charge < -0.3 is 20.7 Å². The third kappa shape index (κ3) is 2.25. The third-order valence-electron chi connectivity index (χ3n) is 2.27. The second-order valence-corrected chi connectivity index (χ2v) is 3.63. The van der Waals surface area contributed by atoms with Crippen LogP contribution < -0.4 is 5.73 Å². The molecule has 5 nitrogen and oxygen atoms in total. The first-order chi connectivity index (χ1) is 7.39. The summed E-state index contributed by atoms with van der Waals surface area (Å²) in [5.74, 6) is -1.16. The highest BCUT2D eigenvalue weighted by Gasteiger charge is 2.32. The average molecular weight is 225 g/mol. The van der Waals surface area contributed by atoms with Crippen molar-refractivity contribution in [2.75, 3.05) is 6.61 Å². The van der Waals surface area contributed by atoms with Crippen LogP contribution in [0.2, 0.25) is 0 Å². The van der Waals surface area contributed by atoms with E-state index in [1.54, 1.807) is 6.92 Å². The van der Waals surface area contributed by atoms with Gasteiger partial charge in [-0.25, -0.2) is 4.79 Å². The van der Waals surface area contributed by atoms with E-state index in [4.69, 9.17) is 15.6 Å². The summed E-state index contributed by atoms with van der Waals surface area (Å²) >= 11 is 0. The van der Waals surface area contributed by atoms with Crippen molar-refractivity contribution in [3.05, 3.63) is 23.8 Å². The molecule has 88 valence electrons. The lowest BCUT2D eigenvalue weighted by Gasteiger charge is -2.22. The van der Waals surface area contributed by atoms with E-state index in [1.807, 2.05) is 0 Å². The maximum absolute atomic E-state index is 11.6. The number of rotatable bonds is 3. The number of esters is 1. The minimum Gasteiger partial charge on any atom is -0.504 e. The molecule has 0 fully saturated rings. The Labute approximate surface area is 93.5 Å². The van der Waals surface area contributed by atoms with Crippen LogP contribution in [0.4, 0.5) is 0 Å². The Hall–Kier alpha value is -1.75. The number of carbonyl (C=O) groups is 1. The van der Waals surface area contributed by atoms with Gasteiger partial charge in [0.05, 0.1) is 6.61 Å². The molecule has 0 heterocycles. The van der Waals surface area contributed by atoms with Crippen molar-refractivity contribution >= 4 is 5.97 Å². The van der Waals surface area contributed by atoms with Crippen LogP contribution in [-0.4, -0.2) is 22.8 Å². The summed E-state index contributed by atoms with van der Waals surface area (Å²) < 4.78 is 4.82. The highest BCUT2D eigenvalue weighted by molar-refractivity contribution is 5.82. The van der Waals surface area contributed by atoms with E-state index in [0.29, 0.717) is 5.56 Å². The number of hydrogen-bond donors (Lipinski definition) is 3. The number of carbonyl (C=O) groups excluding carboxylic acids is 1. The number of nitrogens with two attached hydrogens (primary N) is 1. The van der Waals surface area contributed by atoms with Crippen LogP contribution >= 0.6 is 0 Å². The van der Waals surface area contributed by atoms with Crippen molar-refractivity contribution in [2.45, 2.75) is 19.4 Å². The molecule has 0 aliphatic carbocycles. The largest absolute Gasteiger partial charge is 0.504 e. The van der Waals surface area contributed by atoms with Gasteiger partial charge in [0.1, 0.15) is 5.54 Å². The molecule has 0 aliphatic heterocycles. The molecule has 0 aromatic heterocycles. The molecule has 0 bridgehead atoms. The number of hydrogen-bond acceptors (Lipinski definition) is 5. The molecule has 0 spiro atoms. The maximum Gasteiger partial charge on any atom is 0.330 e. The Balaban J connectivity index is 3.06. The van der Waals surface area contributed by atoms with E-state index < -0.39 is 11.5 Å². The summed E-state index contributed by atoms with van der Waals surface area (Å²) in [5, 5.41) is 18.5. The Morgan fingerprint density at radius 3 is 2.56 bits per heavy atom. The smallest absolute Gasteiger partial charge is 0.330 e. The molecule has 4 N–H and O–H groups in total. The Morgan fingerprint density at radius 1 is 1.44 bits per heavy atom. The van der Waals surface area contributed by atoms with Crippen LogP contribution in [0, 0.1) is 0 Å². The summed E-state index contributed by atoms with van der Waals surface area (Å²) in [4.78, 5) is 11.6. The van der Waals surface area contributed by atoms with Crippen molar-refractivity contribution in [2.24, 2.45) is 5.73 Å². The number of aromatic hydroxyl groups is 2. The first-order valence-electron chi connectivity index (χ1n) is 4.88. The lowest BCUT2D eigenvalue weighted by atomic mass is 9.93. The fraction of sp³-hybridized carbons (Fsp3) is 0.364. The molecule has 1 rings (SSSR count). The first kappa shape index (κ1) is 12.3. The van der Waals surface area contributed by atoms with Gasteiger partial charge in [-0.1, -0.05) is 6.07 Å². The standard InChI is InChI=1S/C11H15NO4/c1-3-16-10(15)11(2,12)7-4-5-8(13)9(14)6-7/h4-6,13-14H,3,12H2,1-2H3/t11-/m0/s1. The molecule has 1 aromatic carbocycles. The average Bonchev–Trinajstić information content (AvgIpc) is 2.22.